The zero-order valence-corrected chi connectivity index (χ0v) is 24.9. The maximum Gasteiger partial charge on any atom is 0.349 e. The van der Waals surface area contributed by atoms with Gasteiger partial charge in [-0.1, -0.05) is 85.2 Å². The number of amides is 2. The number of hydrogen-bond acceptors (Lipinski definition) is 7. The molecule has 0 aliphatic carbocycles. The van der Waals surface area contributed by atoms with Crippen LogP contribution in [-0.2, 0) is 17.5 Å². The molecule has 0 bridgehead atoms. The van der Waals surface area contributed by atoms with Crippen LogP contribution < -0.4 is 14.9 Å². The van der Waals surface area contributed by atoms with Crippen molar-refractivity contribution in [2.45, 2.75) is 26.4 Å². The van der Waals surface area contributed by atoms with Crippen molar-refractivity contribution in [2.24, 2.45) is 0 Å². The number of thiol groups is 1. The number of ether oxygens (including phenoxy) is 1. The maximum atomic E-state index is 12.0. The Kier molecular flexibility index (Phi) is 9.59. The molecule has 2 N–H and O–H groups in total. The van der Waals surface area contributed by atoms with Crippen molar-refractivity contribution in [1.29, 1.82) is 0 Å². The molecule has 0 aliphatic heterocycles. The lowest BCUT2D eigenvalue weighted by Crippen LogP contribution is -2.40. The summed E-state index contributed by atoms with van der Waals surface area (Å²) >= 11 is 12.9. The molecule has 0 fully saturated rings. The predicted molar refractivity (Wildman–Crippen MR) is 163 cm³/mol. The monoisotopic (exact) mass is 614 g/mol. The number of urea groups is 1. The van der Waals surface area contributed by atoms with Gasteiger partial charge in [0.2, 0.25) is 10.9 Å². The molecule has 1 aromatic heterocycles. The molecular weight excluding hydrogens is 587 g/mol. The quantitative estimate of drug-likeness (QED) is 0.128. The number of benzene rings is 3. The third-order valence-corrected chi connectivity index (χ3v) is 7.17. The normalized spacial score (nSPS) is 11.0. The first-order valence-corrected chi connectivity index (χ1v) is 14.4. The van der Waals surface area contributed by atoms with Crippen molar-refractivity contribution >= 4 is 51.9 Å². The first-order chi connectivity index (χ1) is 19.6. The molecule has 4 rings (SSSR count). The molecule has 0 saturated heterocycles. The van der Waals surface area contributed by atoms with Gasteiger partial charge in [0.1, 0.15) is 23.8 Å². The summed E-state index contributed by atoms with van der Waals surface area (Å²) in [5, 5.41) is 6.24. The van der Waals surface area contributed by atoms with E-state index in [0.29, 0.717) is 38.5 Å². The fourth-order valence-electron chi connectivity index (χ4n) is 4.13. The second-order valence-corrected chi connectivity index (χ2v) is 10.8. The molecule has 12 heteroatoms. The summed E-state index contributed by atoms with van der Waals surface area (Å²) in [6, 6.07) is 17.5. The summed E-state index contributed by atoms with van der Waals surface area (Å²) in [7, 11) is -1.67. The molecule has 2 amide bonds. The van der Waals surface area contributed by atoms with Crippen LogP contribution in [0.4, 0.5) is 10.5 Å². The van der Waals surface area contributed by atoms with Crippen LogP contribution in [0.2, 0.25) is 10.0 Å². The van der Waals surface area contributed by atoms with Gasteiger partial charge in [-0.15, -0.1) is 0 Å². The Balaban J connectivity index is 1.54. The first-order valence-electron chi connectivity index (χ1n) is 12.5. The van der Waals surface area contributed by atoms with Gasteiger partial charge in [-0.3, -0.25) is 5.43 Å². The Hall–Kier alpha value is -3.99. The van der Waals surface area contributed by atoms with E-state index >= 15 is 0 Å². The predicted octanol–water partition coefficient (Wildman–Crippen LogP) is 7.16. The fourth-order valence-corrected chi connectivity index (χ4v) is 5.01. The number of nitrogens with zero attached hydrogens (tertiary/aromatic N) is 2. The number of hydrogen-bond donors (Lipinski definition) is 3. The third kappa shape index (κ3) is 7.02. The summed E-state index contributed by atoms with van der Waals surface area (Å²) in [5.74, 6) is 1.38. The summed E-state index contributed by atoms with van der Waals surface area (Å²) in [4.78, 5) is 12.0. The van der Waals surface area contributed by atoms with E-state index in [0.717, 1.165) is 27.3 Å². The van der Waals surface area contributed by atoms with Gasteiger partial charge >= 0.3 is 6.03 Å². The van der Waals surface area contributed by atoms with Crippen molar-refractivity contribution in [3.8, 4) is 28.1 Å². The number of carbonyl (C=O) groups is 1. The lowest BCUT2D eigenvalue weighted by atomic mass is 10.0. The van der Waals surface area contributed by atoms with Crippen LogP contribution in [-0.4, -0.2) is 31.7 Å². The zero-order chi connectivity index (χ0) is 29.7. The van der Waals surface area contributed by atoms with E-state index in [9.17, 15) is 13.2 Å². The van der Waals surface area contributed by atoms with E-state index in [1.807, 2.05) is 61.0 Å². The van der Waals surface area contributed by atoms with Crippen molar-refractivity contribution in [3.05, 3.63) is 94.2 Å². The summed E-state index contributed by atoms with van der Waals surface area (Å²) in [6.45, 7) is 8.01. The second-order valence-electron chi connectivity index (χ2n) is 9.29. The molecule has 3 aromatic carbocycles. The molecule has 41 heavy (non-hydrogen) atoms. The Morgan fingerprint density at radius 3 is 2.37 bits per heavy atom. The molecule has 0 unspecified atom stereocenters. The maximum absolute atomic E-state index is 12.0. The van der Waals surface area contributed by atoms with Crippen LogP contribution in [0, 0.1) is 0 Å². The van der Waals surface area contributed by atoms with Gasteiger partial charge in [-0.05, 0) is 47.0 Å². The van der Waals surface area contributed by atoms with Crippen LogP contribution in [0.3, 0.4) is 0 Å². The largest absolute Gasteiger partial charge is 0.489 e. The molecule has 214 valence electrons. The van der Waals surface area contributed by atoms with Crippen LogP contribution in [0.25, 0.3) is 28.5 Å². The lowest BCUT2D eigenvalue weighted by molar-refractivity contribution is 0.223. The highest BCUT2D eigenvalue weighted by atomic mass is 35.5. The minimum Gasteiger partial charge on any atom is -0.489 e. The molecule has 4 aromatic rings. The molecule has 0 radical (unpaired) electrons. The van der Waals surface area contributed by atoms with Gasteiger partial charge in [0, 0.05) is 18.5 Å². The van der Waals surface area contributed by atoms with Gasteiger partial charge in [0.05, 0.1) is 21.3 Å². The number of nitrogens with one attached hydrogen (secondary N) is 2. The van der Waals surface area contributed by atoms with E-state index in [1.54, 1.807) is 24.3 Å². The Morgan fingerprint density at radius 1 is 1.10 bits per heavy atom. The van der Waals surface area contributed by atoms with Crippen LogP contribution in [0.1, 0.15) is 36.7 Å². The second kappa shape index (κ2) is 13.1. The highest BCUT2D eigenvalue weighted by molar-refractivity contribution is 7.70. The van der Waals surface area contributed by atoms with Gasteiger partial charge in [-0.2, -0.15) is 0 Å². The first kappa shape index (κ1) is 30.0. The van der Waals surface area contributed by atoms with E-state index in [1.165, 1.54) is 7.05 Å². The highest BCUT2D eigenvalue weighted by Crippen LogP contribution is 2.39. The van der Waals surface area contributed by atoms with E-state index in [-0.39, 0.29) is 12.5 Å². The lowest BCUT2D eigenvalue weighted by Gasteiger charge is -2.20. The van der Waals surface area contributed by atoms with E-state index < -0.39 is 16.9 Å². The molecule has 0 aliphatic rings. The molecular formula is C29H28Cl2N4O5S. The number of hydrazine groups is 1. The summed E-state index contributed by atoms with van der Waals surface area (Å²) < 4.78 is 35.3. The number of rotatable bonds is 10. The average molecular weight is 616 g/mol. The Labute approximate surface area is 249 Å². The molecule has 0 atom stereocenters. The van der Waals surface area contributed by atoms with E-state index in [2.05, 4.69) is 17.2 Å². The minimum atomic E-state index is -3.08. The van der Waals surface area contributed by atoms with Gasteiger partial charge < -0.3 is 9.26 Å². The molecule has 0 saturated carbocycles. The van der Waals surface area contributed by atoms with Crippen molar-refractivity contribution in [1.82, 2.24) is 14.9 Å². The summed E-state index contributed by atoms with van der Waals surface area (Å²) in [6.07, 6.45) is 1.63. The van der Waals surface area contributed by atoms with Crippen LogP contribution in [0.5, 0.6) is 5.75 Å². The van der Waals surface area contributed by atoms with Crippen LogP contribution >= 0.6 is 23.2 Å². The van der Waals surface area contributed by atoms with Crippen LogP contribution in [0.15, 0.2) is 71.8 Å². The standard InChI is InChI=1S/C29H28Cl2N4O5S/c1-5-18-9-10-20(15-25(18)32-35(4)29(36)34-41(37)38)19-11-13-21(14-12-19)39-16-22-27(33-40-28(22)17(2)3)26-23(30)7-6-8-24(26)31/h5-15,17,32,41H,1,16H2,2-4H3,(H,34,36,37,38). The topological polar surface area (TPSA) is 114 Å². The minimum absolute atomic E-state index is 0.0629. The Morgan fingerprint density at radius 2 is 1.76 bits per heavy atom. The van der Waals surface area contributed by atoms with Crippen molar-refractivity contribution in [2.75, 3.05) is 12.5 Å². The number of anilines is 1. The zero-order valence-electron chi connectivity index (χ0n) is 22.5. The average Bonchev–Trinajstić information content (AvgIpc) is 3.35. The molecule has 0 spiro atoms. The number of carbonyl (C=O) groups excluding carboxylic acids is 1. The summed E-state index contributed by atoms with van der Waals surface area (Å²) in [5.41, 5.74) is 7.83. The van der Waals surface area contributed by atoms with Crippen molar-refractivity contribution in [3.63, 3.8) is 0 Å². The molecule has 1 heterocycles. The number of aromatic nitrogens is 1. The number of halogens is 2. The van der Waals surface area contributed by atoms with E-state index in [4.69, 9.17) is 32.5 Å². The fraction of sp³-hybridized carbons (Fsp3) is 0.172. The third-order valence-electron chi connectivity index (χ3n) is 6.17. The van der Waals surface area contributed by atoms with Gasteiger partial charge in [-0.25, -0.2) is 22.9 Å². The molecule has 9 nitrogen and oxygen atoms in total. The highest BCUT2D eigenvalue weighted by Gasteiger charge is 2.24. The van der Waals surface area contributed by atoms with Gasteiger partial charge in [0.25, 0.3) is 0 Å². The van der Waals surface area contributed by atoms with Gasteiger partial charge in [0.15, 0.2) is 0 Å². The Bertz CT molecular complexity index is 1620. The van der Waals surface area contributed by atoms with Crippen molar-refractivity contribution < 1.29 is 22.5 Å². The smallest absolute Gasteiger partial charge is 0.349 e. The SMILES string of the molecule is C=Cc1ccc(-c2ccc(OCc3c(-c4c(Cl)cccc4Cl)noc3C(C)C)cc2)cc1NN(C)C(=O)N[SH](=O)=O.